The number of para-hydroxylation sites is 1. The Hall–Kier alpha value is -1.75. The van der Waals surface area contributed by atoms with E-state index in [0.717, 1.165) is 19.4 Å². The van der Waals surface area contributed by atoms with Gasteiger partial charge in [0.1, 0.15) is 0 Å². The normalized spacial score (nSPS) is 16.7. The lowest BCUT2D eigenvalue weighted by molar-refractivity contribution is 0.559. The summed E-state index contributed by atoms with van der Waals surface area (Å²) in [5.41, 5.74) is 2.34. The van der Waals surface area contributed by atoms with Gasteiger partial charge in [0.25, 0.3) is 0 Å². The molecule has 122 valence electrons. The van der Waals surface area contributed by atoms with E-state index in [2.05, 4.69) is 48.0 Å². The highest BCUT2D eigenvalue weighted by Gasteiger charge is 2.38. The van der Waals surface area contributed by atoms with Gasteiger partial charge < -0.3 is 4.57 Å². The maximum atomic E-state index is 9.85. The molecule has 2 heteroatoms. The number of hydrogen-bond acceptors (Lipinski definition) is 1. The third-order valence-electron chi connectivity index (χ3n) is 5.48. The summed E-state index contributed by atoms with van der Waals surface area (Å²) in [5, 5.41) is 11.1. The number of benzene rings is 1. The van der Waals surface area contributed by atoms with Crippen molar-refractivity contribution in [2.75, 3.05) is 0 Å². The molecule has 0 spiro atoms. The van der Waals surface area contributed by atoms with Crippen LogP contribution in [0.2, 0.25) is 0 Å². The van der Waals surface area contributed by atoms with Crippen molar-refractivity contribution >= 4 is 10.9 Å². The summed E-state index contributed by atoms with van der Waals surface area (Å²) < 4.78 is 2.40. The van der Waals surface area contributed by atoms with Gasteiger partial charge >= 0.3 is 0 Å². The lowest BCUT2D eigenvalue weighted by atomic mass is 9.80. The average molecular weight is 308 g/mol. The third kappa shape index (κ3) is 3.15. The lowest BCUT2D eigenvalue weighted by Gasteiger charge is -2.19. The molecule has 1 fully saturated rings. The van der Waals surface area contributed by atoms with Gasteiger partial charge in [-0.15, -0.1) is 0 Å². The molecular formula is C21H28N2. The molecule has 1 aliphatic carbocycles. The molecule has 23 heavy (non-hydrogen) atoms. The van der Waals surface area contributed by atoms with Crippen molar-refractivity contribution in [3.05, 3.63) is 36.0 Å². The van der Waals surface area contributed by atoms with Gasteiger partial charge in [0.2, 0.25) is 0 Å². The number of nitriles is 1. The molecule has 0 unspecified atom stereocenters. The molecule has 3 rings (SSSR count). The van der Waals surface area contributed by atoms with E-state index in [1.165, 1.54) is 61.4 Å². The summed E-state index contributed by atoms with van der Waals surface area (Å²) in [5.74, 6) is 0. The Labute approximate surface area is 140 Å². The number of fused-ring (bicyclic) bond motifs is 1. The van der Waals surface area contributed by atoms with Crippen molar-refractivity contribution in [3.63, 3.8) is 0 Å². The number of aromatic nitrogens is 1. The lowest BCUT2D eigenvalue weighted by Crippen LogP contribution is -2.18. The number of hydrogen-bond donors (Lipinski definition) is 0. The van der Waals surface area contributed by atoms with Crippen LogP contribution in [0.15, 0.2) is 30.5 Å². The van der Waals surface area contributed by atoms with Crippen LogP contribution in [0.5, 0.6) is 0 Å². The number of rotatable bonds is 7. The zero-order chi connectivity index (χ0) is 16.1. The van der Waals surface area contributed by atoms with Gasteiger partial charge in [-0.3, -0.25) is 0 Å². The SMILES string of the molecule is CCCCCCCn1cc(C2(C#N)CCCC2)c2ccccc21. The molecule has 0 radical (unpaired) electrons. The molecular weight excluding hydrogens is 280 g/mol. The quantitative estimate of drug-likeness (QED) is 0.581. The van der Waals surface area contributed by atoms with Crippen LogP contribution < -0.4 is 0 Å². The summed E-state index contributed by atoms with van der Waals surface area (Å²) in [6, 6.07) is 11.3. The summed E-state index contributed by atoms with van der Waals surface area (Å²) in [6.45, 7) is 3.33. The molecule has 0 bridgehead atoms. The van der Waals surface area contributed by atoms with E-state index >= 15 is 0 Å². The van der Waals surface area contributed by atoms with Gasteiger partial charge in [-0.1, -0.05) is 63.6 Å². The zero-order valence-corrected chi connectivity index (χ0v) is 14.4. The largest absolute Gasteiger partial charge is 0.347 e. The van der Waals surface area contributed by atoms with Gasteiger partial charge in [-0.05, 0) is 30.9 Å². The molecule has 1 aliphatic rings. The van der Waals surface area contributed by atoms with Crippen LogP contribution in [-0.2, 0) is 12.0 Å². The van der Waals surface area contributed by atoms with Crippen molar-refractivity contribution in [1.29, 1.82) is 5.26 Å². The van der Waals surface area contributed by atoms with E-state index in [4.69, 9.17) is 0 Å². The highest BCUT2D eigenvalue weighted by molar-refractivity contribution is 5.85. The van der Waals surface area contributed by atoms with E-state index < -0.39 is 0 Å². The van der Waals surface area contributed by atoms with Crippen molar-refractivity contribution < 1.29 is 0 Å². The molecule has 0 aliphatic heterocycles. The molecule has 0 saturated heterocycles. The first-order valence-electron chi connectivity index (χ1n) is 9.30. The summed E-state index contributed by atoms with van der Waals surface area (Å²) >= 11 is 0. The Bertz CT molecular complexity index is 683. The fourth-order valence-electron chi connectivity index (χ4n) is 4.12. The van der Waals surface area contributed by atoms with Gasteiger partial charge in [-0.2, -0.15) is 5.26 Å². The van der Waals surface area contributed by atoms with Crippen molar-refractivity contribution in [1.82, 2.24) is 4.57 Å². The predicted molar refractivity (Wildman–Crippen MR) is 96.5 cm³/mol. The van der Waals surface area contributed by atoms with Gasteiger partial charge in [0.15, 0.2) is 0 Å². The molecule has 1 aromatic heterocycles. The van der Waals surface area contributed by atoms with Crippen LogP contribution in [0, 0.1) is 11.3 Å². The number of unbranched alkanes of at least 4 members (excludes halogenated alkanes) is 4. The molecule has 0 atom stereocenters. The van der Waals surface area contributed by atoms with Gasteiger partial charge in [-0.25, -0.2) is 0 Å². The summed E-state index contributed by atoms with van der Waals surface area (Å²) in [7, 11) is 0. The van der Waals surface area contributed by atoms with E-state index in [0.29, 0.717) is 0 Å². The maximum Gasteiger partial charge on any atom is 0.0843 e. The van der Waals surface area contributed by atoms with Crippen LogP contribution in [0.3, 0.4) is 0 Å². The predicted octanol–water partition coefficient (Wildman–Crippen LogP) is 5.95. The Kier molecular flexibility index (Phi) is 5.06. The minimum atomic E-state index is -0.243. The molecule has 2 aromatic rings. The summed E-state index contributed by atoms with van der Waals surface area (Å²) in [6.07, 6.45) is 13.2. The van der Waals surface area contributed by atoms with E-state index in [1.54, 1.807) is 0 Å². The highest BCUT2D eigenvalue weighted by Crippen LogP contribution is 2.44. The zero-order valence-electron chi connectivity index (χ0n) is 14.4. The molecule has 1 saturated carbocycles. The second-order valence-corrected chi connectivity index (χ2v) is 7.07. The molecule has 0 N–H and O–H groups in total. The molecule has 1 aromatic carbocycles. The maximum absolute atomic E-state index is 9.85. The average Bonchev–Trinajstić information content (AvgIpc) is 3.20. The second kappa shape index (κ2) is 7.21. The Morgan fingerprint density at radius 2 is 1.83 bits per heavy atom. The minimum absolute atomic E-state index is 0.243. The Morgan fingerprint density at radius 3 is 2.57 bits per heavy atom. The van der Waals surface area contributed by atoms with E-state index in [-0.39, 0.29) is 5.41 Å². The van der Waals surface area contributed by atoms with Gasteiger partial charge in [0, 0.05) is 23.6 Å². The van der Waals surface area contributed by atoms with Crippen LogP contribution in [-0.4, -0.2) is 4.57 Å². The second-order valence-electron chi connectivity index (χ2n) is 7.07. The van der Waals surface area contributed by atoms with Crippen molar-refractivity contribution in [2.45, 2.75) is 76.7 Å². The highest BCUT2D eigenvalue weighted by atomic mass is 15.0. The van der Waals surface area contributed by atoms with Gasteiger partial charge in [0.05, 0.1) is 11.5 Å². The van der Waals surface area contributed by atoms with Crippen molar-refractivity contribution in [3.8, 4) is 6.07 Å². The minimum Gasteiger partial charge on any atom is -0.347 e. The Balaban J connectivity index is 1.87. The van der Waals surface area contributed by atoms with Crippen LogP contribution in [0.1, 0.15) is 70.3 Å². The fourth-order valence-corrected chi connectivity index (χ4v) is 4.12. The monoisotopic (exact) mass is 308 g/mol. The fraction of sp³-hybridized carbons (Fsp3) is 0.571. The van der Waals surface area contributed by atoms with Crippen LogP contribution in [0.4, 0.5) is 0 Å². The van der Waals surface area contributed by atoms with E-state index in [1.807, 2.05) is 0 Å². The number of aryl methyl sites for hydroxylation is 1. The Morgan fingerprint density at radius 1 is 1.09 bits per heavy atom. The molecule has 0 amide bonds. The van der Waals surface area contributed by atoms with Crippen LogP contribution in [0.25, 0.3) is 10.9 Å². The third-order valence-corrected chi connectivity index (χ3v) is 5.48. The first kappa shape index (κ1) is 16.1. The molecule has 2 nitrogen and oxygen atoms in total. The smallest absolute Gasteiger partial charge is 0.0843 e. The molecule has 1 heterocycles. The standard InChI is InChI=1S/C21H28N2/c1-2-3-4-5-10-15-23-16-19(18-11-6-7-12-20(18)23)21(17-22)13-8-9-14-21/h6-7,11-12,16H,2-5,8-10,13-15H2,1H3. The summed E-state index contributed by atoms with van der Waals surface area (Å²) in [4.78, 5) is 0. The first-order valence-corrected chi connectivity index (χ1v) is 9.30. The number of nitrogens with zero attached hydrogens (tertiary/aromatic N) is 2. The van der Waals surface area contributed by atoms with Crippen LogP contribution >= 0.6 is 0 Å². The topological polar surface area (TPSA) is 28.7 Å². The van der Waals surface area contributed by atoms with Crippen molar-refractivity contribution in [2.24, 2.45) is 0 Å². The van der Waals surface area contributed by atoms with E-state index in [9.17, 15) is 5.26 Å². The first-order chi connectivity index (χ1) is 11.3.